The molecular formula is C29H31FN6O6. The van der Waals surface area contributed by atoms with Crippen molar-refractivity contribution in [1.82, 2.24) is 30.4 Å². The Morgan fingerprint density at radius 1 is 1.14 bits per heavy atom. The van der Waals surface area contributed by atoms with Crippen LogP contribution in [0.2, 0.25) is 0 Å². The molecule has 1 aliphatic rings. The number of nitrogens with zero attached hydrogens (tertiary/aromatic N) is 5. The SMILES string of the molecule is COc1ccc(-c2nnn(CC(=O)N(Cc3ccco3)[C@@H](C(=O)NC[C@H]3CCCO3)c3ccc(F)cc3)n2)cc1OC. The molecule has 42 heavy (non-hydrogen) atoms. The lowest BCUT2D eigenvalue weighted by atomic mass is 10.0. The summed E-state index contributed by atoms with van der Waals surface area (Å²) in [6.07, 6.45) is 3.13. The number of rotatable bonds is 12. The summed E-state index contributed by atoms with van der Waals surface area (Å²) in [6.45, 7) is 0.579. The van der Waals surface area contributed by atoms with Gasteiger partial charge in [-0.15, -0.1) is 10.2 Å². The second-order valence-electron chi connectivity index (χ2n) is 9.65. The van der Waals surface area contributed by atoms with Crippen LogP contribution in [-0.4, -0.2) is 70.4 Å². The maximum Gasteiger partial charge on any atom is 0.247 e. The van der Waals surface area contributed by atoms with Crippen molar-refractivity contribution in [1.29, 1.82) is 0 Å². The van der Waals surface area contributed by atoms with Crippen LogP contribution in [0.15, 0.2) is 65.3 Å². The molecule has 1 saturated heterocycles. The molecule has 2 atom stereocenters. The summed E-state index contributed by atoms with van der Waals surface area (Å²) in [5.41, 5.74) is 1.04. The minimum absolute atomic E-state index is 0.0293. The number of aromatic nitrogens is 4. The second kappa shape index (κ2) is 13.3. The Balaban J connectivity index is 1.41. The van der Waals surface area contributed by atoms with Crippen molar-refractivity contribution in [3.63, 3.8) is 0 Å². The van der Waals surface area contributed by atoms with Crippen LogP contribution in [0, 0.1) is 5.82 Å². The maximum atomic E-state index is 13.9. The van der Waals surface area contributed by atoms with Gasteiger partial charge in [-0.25, -0.2) is 4.39 Å². The Morgan fingerprint density at radius 2 is 1.95 bits per heavy atom. The zero-order valence-electron chi connectivity index (χ0n) is 23.2. The van der Waals surface area contributed by atoms with Gasteiger partial charge in [-0.3, -0.25) is 9.59 Å². The normalized spacial score (nSPS) is 15.3. The molecule has 0 bridgehead atoms. The summed E-state index contributed by atoms with van der Waals surface area (Å²) >= 11 is 0. The summed E-state index contributed by atoms with van der Waals surface area (Å²) in [7, 11) is 3.06. The van der Waals surface area contributed by atoms with Gasteiger partial charge in [0.2, 0.25) is 17.6 Å². The molecule has 4 aromatic rings. The topological polar surface area (TPSA) is 134 Å². The number of amides is 2. The molecule has 2 amide bonds. The van der Waals surface area contributed by atoms with E-state index in [1.54, 1.807) is 30.3 Å². The van der Waals surface area contributed by atoms with Crippen LogP contribution in [0.4, 0.5) is 4.39 Å². The molecule has 0 unspecified atom stereocenters. The Morgan fingerprint density at radius 3 is 2.64 bits per heavy atom. The van der Waals surface area contributed by atoms with E-state index in [0.29, 0.717) is 41.5 Å². The van der Waals surface area contributed by atoms with Crippen molar-refractivity contribution in [3.05, 3.63) is 78.0 Å². The molecule has 5 rings (SSSR count). The van der Waals surface area contributed by atoms with Gasteiger partial charge in [-0.05, 0) is 66.1 Å². The van der Waals surface area contributed by atoms with Gasteiger partial charge in [-0.1, -0.05) is 12.1 Å². The number of methoxy groups -OCH3 is 2. The highest BCUT2D eigenvalue weighted by molar-refractivity contribution is 5.88. The molecule has 0 radical (unpaired) electrons. The van der Waals surface area contributed by atoms with E-state index in [2.05, 4.69) is 20.7 Å². The molecule has 2 aromatic heterocycles. The van der Waals surface area contributed by atoms with Gasteiger partial charge in [0.15, 0.2) is 11.5 Å². The standard InChI is InChI=1S/C29H31FN6O6/c1-39-24-12-9-20(15-25(24)40-2)28-32-34-36(33-28)18-26(37)35(17-23-6-4-14-42-23)27(19-7-10-21(30)11-8-19)29(38)31-16-22-5-3-13-41-22/h4,6-12,14-15,22,27H,3,5,13,16-18H2,1-2H3,(H,31,38)/t22-,27-/m1/s1. The van der Waals surface area contributed by atoms with Gasteiger partial charge in [0.25, 0.3) is 0 Å². The van der Waals surface area contributed by atoms with Crippen LogP contribution in [0.3, 0.4) is 0 Å². The van der Waals surface area contributed by atoms with Crippen molar-refractivity contribution >= 4 is 11.8 Å². The van der Waals surface area contributed by atoms with Crippen molar-refractivity contribution in [2.24, 2.45) is 0 Å². The summed E-state index contributed by atoms with van der Waals surface area (Å²) in [5, 5.41) is 15.4. The van der Waals surface area contributed by atoms with Crippen LogP contribution in [-0.2, 0) is 27.4 Å². The highest BCUT2D eigenvalue weighted by Gasteiger charge is 2.33. The van der Waals surface area contributed by atoms with E-state index in [1.165, 1.54) is 49.6 Å². The minimum atomic E-state index is -1.10. The van der Waals surface area contributed by atoms with Crippen LogP contribution in [0.1, 0.15) is 30.2 Å². The molecule has 220 valence electrons. The summed E-state index contributed by atoms with van der Waals surface area (Å²) in [6, 6.07) is 12.9. The van der Waals surface area contributed by atoms with Crippen molar-refractivity contribution in [2.45, 2.75) is 38.1 Å². The van der Waals surface area contributed by atoms with E-state index in [1.807, 2.05) is 0 Å². The average Bonchev–Trinajstić information content (AvgIpc) is 3.80. The van der Waals surface area contributed by atoms with Crippen molar-refractivity contribution in [2.75, 3.05) is 27.4 Å². The van der Waals surface area contributed by atoms with E-state index in [9.17, 15) is 14.0 Å². The smallest absolute Gasteiger partial charge is 0.247 e. The van der Waals surface area contributed by atoms with Crippen LogP contribution < -0.4 is 14.8 Å². The van der Waals surface area contributed by atoms with Gasteiger partial charge in [0.05, 0.1) is 33.1 Å². The lowest BCUT2D eigenvalue weighted by Crippen LogP contribution is -2.46. The fourth-order valence-corrected chi connectivity index (χ4v) is 4.74. The zero-order chi connectivity index (χ0) is 29.5. The molecule has 13 heteroatoms. The maximum absolute atomic E-state index is 13.9. The number of nitrogens with one attached hydrogen (secondary N) is 1. The number of benzene rings is 2. The number of carbonyl (C=O) groups is 2. The number of carbonyl (C=O) groups excluding carboxylic acids is 2. The summed E-state index contributed by atoms with van der Waals surface area (Å²) in [5.74, 6) is 0.380. The Bertz CT molecular complexity index is 1490. The van der Waals surface area contributed by atoms with Gasteiger partial charge < -0.3 is 28.8 Å². The Kier molecular flexibility index (Phi) is 9.07. The lowest BCUT2D eigenvalue weighted by Gasteiger charge is -2.31. The number of ether oxygens (including phenoxy) is 3. The molecule has 0 saturated carbocycles. The molecule has 2 aromatic carbocycles. The fraction of sp³-hybridized carbons (Fsp3) is 0.345. The molecule has 1 N–H and O–H groups in total. The Labute approximate surface area is 241 Å². The van der Waals surface area contributed by atoms with Crippen molar-refractivity contribution < 1.29 is 32.6 Å². The van der Waals surface area contributed by atoms with Crippen LogP contribution >= 0.6 is 0 Å². The first kappa shape index (κ1) is 28.7. The number of hydrogen-bond acceptors (Lipinski definition) is 9. The van der Waals surface area contributed by atoms with Crippen molar-refractivity contribution in [3.8, 4) is 22.9 Å². The molecule has 0 aliphatic carbocycles. The van der Waals surface area contributed by atoms with E-state index >= 15 is 0 Å². The first-order chi connectivity index (χ1) is 20.4. The van der Waals surface area contributed by atoms with Gasteiger partial charge in [0, 0.05) is 18.7 Å². The molecule has 12 nitrogen and oxygen atoms in total. The summed E-state index contributed by atoms with van der Waals surface area (Å²) in [4.78, 5) is 30.0. The van der Waals surface area contributed by atoms with E-state index < -0.39 is 23.7 Å². The average molecular weight is 579 g/mol. The van der Waals surface area contributed by atoms with Crippen LogP contribution in [0.25, 0.3) is 11.4 Å². The van der Waals surface area contributed by atoms with E-state index in [4.69, 9.17) is 18.6 Å². The highest BCUT2D eigenvalue weighted by Crippen LogP contribution is 2.31. The van der Waals surface area contributed by atoms with Gasteiger partial charge >= 0.3 is 0 Å². The monoisotopic (exact) mass is 578 g/mol. The highest BCUT2D eigenvalue weighted by atomic mass is 19.1. The minimum Gasteiger partial charge on any atom is -0.493 e. The third-order valence-corrected chi connectivity index (χ3v) is 6.87. The number of tetrazole rings is 1. The molecule has 3 heterocycles. The third-order valence-electron chi connectivity index (χ3n) is 6.87. The fourth-order valence-electron chi connectivity index (χ4n) is 4.74. The molecule has 1 aliphatic heterocycles. The quantitative estimate of drug-likeness (QED) is 0.269. The van der Waals surface area contributed by atoms with Gasteiger partial charge in [-0.2, -0.15) is 4.80 Å². The first-order valence-electron chi connectivity index (χ1n) is 13.4. The largest absolute Gasteiger partial charge is 0.493 e. The zero-order valence-corrected chi connectivity index (χ0v) is 23.2. The van der Waals surface area contributed by atoms with E-state index in [-0.39, 0.29) is 25.0 Å². The Hall–Kier alpha value is -4.78. The summed E-state index contributed by atoms with van der Waals surface area (Å²) < 4.78 is 35.6. The molecular weight excluding hydrogens is 547 g/mol. The van der Waals surface area contributed by atoms with E-state index in [0.717, 1.165) is 17.6 Å². The number of hydrogen-bond donors (Lipinski definition) is 1. The number of halogens is 1. The number of furan rings is 1. The van der Waals surface area contributed by atoms with Gasteiger partial charge in [0.1, 0.15) is 24.2 Å². The third kappa shape index (κ3) is 6.74. The predicted octanol–water partition coefficient (Wildman–Crippen LogP) is 3.15. The second-order valence-corrected chi connectivity index (χ2v) is 9.65. The molecule has 0 spiro atoms. The predicted molar refractivity (Wildman–Crippen MR) is 147 cm³/mol. The lowest BCUT2D eigenvalue weighted by molar-refractivity contribution is -0.142. The molecule has 1 fully saturated rings. The van der Waals surface area contributed by atoms with Crippen LogP contribution in [0.5, 0.6) is 11.5 Å². The first-order valence-corrected chi connectivity index (χ1v) is 13.4.